The van der Waals surface area contributed by atoms with Crippen LogP contribution in [0.5, 0.6) is 0 Å². The fourth-order valence-electron chi connectivity index (χ4n) is 5.51. The number of aryl methyl sites for hydroxylation is 1. The molecule has 1 N–H and O–H groups in total. The van der Waals surface area contributed by atoms with Crippen LogP contribution in [0.3, 0.4) is 0 Å². The number of aromatic nitrogens is 1. The average Bonchev–Trinajstić information content (AvgIpc) is 3.35. The monoisotopic (exact) mass is 573 g/mol. The number of alkyl halides is 6. The number of rotatable bonds is 7. The highest BCUT2D eigenvalue weighted by atomic mass is 19.4. The number of piperazine rings is 1. The number of H-pyrrole nitrogens is 1. The van der Waals surface area contributed by atoms with E-state index in [-0.39, 0.29) is 12.6 Å². The van der Waals surface area contributed by atoms with E-state index in [1.54, 1.807) is 0 Å². The maximum atomic E-state index is 13.6. The Morgan fingerprint density at radius 2 is 1.51 bits per heavy atom. The van der Waals surface area contributed by atoms with Crippen molar-refractivity contribution in [2.45, 2.75) is 37.7 Å². The van der Waals surface area contributed by atoms with Crippen molar-refractivity contribution in [3.63, 3.8) is 0 Å². The normalized spacial score (nSPS) is 16.8. The van der Waals surface area contributed by atoms with Crippen LogP contribution in [0.4, 0.5) is 26.3 Å². The minimum atomic E-state index is -5.03. The molecule has 216 valence electrons. The summed E-state index contributed by atoms with van der Waals surface area (Å²) in [5, 5.41) is 0.958. The molecule has 1 fully saturated rings. The van der Waals surface area contributed by atoms with E-state index in [1.165, 1.54) is 10.5 Å². The number of nitrogens with zero attached hydrogens (tertiary/aromatic N) is 2. The van der Waals surface area contributed by atoms with Crippen molar-refractivity contribution < 1.29 is 31.1 Å². The Labute approximate surface area is 233 Å². The topological polar surface area (TPSA) is 39.3 Å². The van der Waals surface area contributed by atoms with E-state index in [1.807, 2.05) is 48.7 Å². The quantitative estimate of drug-likeness (QED) is 0.238. The number of amides is 1. The van der Waals surface area contributed by atoms with Gasteiger partial charge in [-0.15, -0.1) is 0 Å². The Kier molecular flexibility index (Phi) is 8.13. The van der Waals surface area contributed by atoms with Crippen LogP contribution in [0.15, 0.2) is 79.0 Å². The molecule has 0 aliphatic carbocycles. The van der Waals surface area contributed by atoms with Gasteiger partial charge in [0.1, 0.15) is 0 Å². The van der Waals surface area contributed by atoms with Crippen LogP contribution in [0.25, 0.3) is 10.9 Å². The number of fused-ring (bicyclic) bond motifs is 1. The third-order valence-electron chi connectivity index (χ3n) is 7.58. The number of aromatic amines is 1. The Morgan fingerprint density at radius 1 is 0.854 bits per heavy atom. The Balaban J connectivity index is 1.41. The zero-order valence-corrected chi connectivity index (χ0v) is 22.1. The predicted octanol–water partition coefficient (Wildman–Crippen LogP) is 7.21. The zero-order valence-electron chi connectivity index (χ0n) is 22.1. The maximum Gasteiger partial charge on any atom is 0.416 e. The molecule has 1 aromatic heterocycles. The lowest BCUT2D eigenvalue weighted by atomic mass is 9.98. The molecular formula is C31H29F6N3O. The molecule has 0 radical (unpaired) electrons. The molecule has 1 amide bonds. The third kappa shape index (κ3) is 6.75. The second-order valence-corrected chi connectivity index (χ2v) is 10.4. The van der Waals surface area contributed by atoms with Gasteiger partial charge in [-0.05, 0) is 61.2 Å². The number of carbonyl (C=O) groups excluding carboxylic acids is 1. The summed E-state index contributed by atoms with van der Waals surface area (Å²) in [5.41, 5.74) is -0.569. The molecule has 0 unspecified atom stereocenters. The lowest BCUT2D eigenvalue weighted by Gasteiger charge is -2.42. The Hall–Kier alpha value is -3.79. The van der Waals surface area contributed by atoms with Crippen molar-refractivity contribution in [3.8, 4) is 0 Å². The zero-order chi connectivity index (χ0) is 29.2. The van der Waals surface area contributed by atoms with Gasteiger partial charge in [0.15, 0.2) is 0 Å². The van der Waals surface area contributed by atoms with Crippen molar-refractivity contribution in [1.29, 1.82) is 0 Å². The van der Waals surface area contributed by atoms with Gasteiger partial charge in [-0.2, -0.15) is 26.3 Å². The van der Waals surface area contributed by atoms with Crippen molar-refractivity contribution in [2.24, 2.45) is 0 Å². The number of benzene rings is 3. The fraction of sp³-hybridized carbons (Fsp3) is 0.323. The molecule has 1 aliphatic heterocycles. The van der Waals surface area contributed by atoms with Gasteiger partial charge in [0.2, 0.25) is 0 Å². The molecule has 5 rings (SSSR count). The van der Waals surface area contributed by atoms with Crippen molar-refractivity contribution in [2.75, 3.05) is 26.2 Å². The van der Waals surface area contributed by atoms with Gasteiger partial charge in [0.25, 0.3) is 5.91 Å². The van der Waals surface area contributed by atoms with Crippen LogP contribution in [-0.2, 0) is 25.2 Å². The molecule has 0 spiro atoms. The van der Waals surface area contributed by atoms with Gasteiger partial charge in [0, 0.05) is 48.3 Å². The highest BCUT2D eigenvalue weighted by Gasteiger charge is 2.39. The van der Waals surface area contributed by atoms with E-state index in [9.17, 15) is 31.1 Å². The van der Waals surface area contributed by atoms with E-state index >= 15 is 0 Å². The standard InChI is InChI=1S/C31H29F6N3O/c32-30(33,34)24-15-22(16-25(18-24)31(35,36)37)29(41)40-14-13-39(12-6-9-21-7-2-1-3-8-21)20-26(40)17-23-19-38-28-11-5-4-10-27(23)28/h1-5,7-8,10-11,15-16,18-19,26,38H,6,9,12-14,17,20H2/t26-/m1/s1. The molecule has 2 heterocycles. The Bertz CT molecular complexity index is 1460. The summed E-state index contributed by atoms with van der Waals surface area (Å²) >= 11 is 0. The number of para-hydroxylation sites is 1. The molecular weight excluding hydrogens is 544 g/mol. The molecule has 1 aliphatic rings. The summed E-state index contributed by atoms with van der Waals surface area (Å²) in [5.74, 6) is -0.838. The summed E-state index contributed by atoms with van der Waals surface area (Å²) in [6, 6.07) is 18.3. The molecule has 0 saturated carbocycles. The molecule has 41 heavy (non-hydrogen) atoms. The average molecular weight is 574 g/mol. The second kappa shape index (κ2) is 11.6. The van der Waals surface area contributed by atoms with Crippen molar-refractivity contribution in [3.05, 3.63) is 107 Å². The number of halogens is 6. The minimum Gasteiger partial charge on any atom is -0.361 e. The van der Waals surface area contributed by atoms with Crippen LogP contribution in [0, 0.1) is 0 Å². The van der Waals surface area contributed by atoms with E-state index in [4.69, 9.17) is 0 Å². The number of carbonyl (C=O) groups is 1. The molecule has 1 saturated heterocycles. The van der Waals surface area contributed by atoms with Crippen LogP contribution >= 0.6 is 0 Å². The first kappa shape index (κ1) is 28.7. The van der Waals surface area contributed by atoms with Crippen LogP contribution in [-0.4, -0.2) is 52.9 Å². The second-order valence-electron chi connectivity index (χ2n) is 10.4. The van der Waals surface area contributed by atoms with E-state index in [0.29, 0.717) is 31.6 Å². The Morgan fingerprint density at radius 3 is 2.20 bits per heavy atom. The summed E-state index contributed by atoms with van der Waals surface area (Å²) in [4.78, 5) is 20.5. The molecule has 3 aromatic carbocycles. The van der Waals surface area contributed by atoms with Crippen molar-refractivity contribution in [1.82, 2.24) is 14.8 Å². The fourth-order valence-corrected chi connectivity index (χ4v) is 5.51. The number of nitrogens with one attached hydrogen (secondary N) is 1. The molecule has 1 atom stereocenters. The summed E-state index contributed by atoms with van der Waals surface area (Å²) in [6.45, 7) is 1.86. The van der Waals surface area contributed by atoms with Crippen molar-refractivity contribution >= 4 is 16.8 Å². The molecule has 10 heteroatoms. The lowest BCUT2D eigenvalue weighted by molar-refractivity contribution is -0.143. The molecule has 4 aromatic rings. The highest BCUT2D eigenvalue weighted by molar-refractivity contribution is 5.95. The van der Waals surface area contributed by atoms with Crippen LogP contribution in [0.2, 0.25) is 0 Å². The number of hydrogen-bond donors (Lipinski definition) is 1. The minimum absolute atomic E-state index is 0.0465. The maximum absolute atomic E-state index is 13.6. The first-order chi connectivity index (χ1) is 19.5. The highest BCUT2D eigenvalue weighted by Crippen LogP contribution is 2.37. The van der Waals surface area contributed by atoms with Gasteiger partial charge in [-0.25, -0.2) is 0 Å². The van der Waals surface area contributed by atoms with Gasteiger partial charge < -0.3 is 9.88 Å². The van der Waals surface area contributed by atoms with Crippen LogP contribution in [0.1, 0.15) is 39.0 Å². The predicted molar refractivity (Wildman–Crippen MR) is 144 cm³/mol. The third-order valence-corrected chi connectivity index (χ3v) is 7.58. The van der Waals surface area contributed by atoms with Crippen LogP contribution < -0.4 is 0 Å². The van der Waals surface area contributed by atoms with Gasteiger partial charge in [-0.1, -0.05) is 48.5 Å². The van der Waals surface area contributed by atoms with E-state index < -0.39 is 41.0 Å². The summed E-state index contributed by atoms with van der Waals surface area (Å²) in [6.07, 6.45) is -6.07. The van der Waals surface area contributed by atoms with Gasteiger partial charge in [0.05, 0.1) is 11.1 Å². The largest absolute Gasteiger partial charge is 0.416 e. The lowest BCUT2D eigenvalue weighted by Crippen LogP contribution is -2.56. The molecule has 0 bridgehead atoms. The van der Waals surface area contributed by atoms with Gasteiger partial charge >= 0.3 is 12.4 Å². The van der Waals surface area contributed by atoms with E-state index in [0.717, 1.165) is 35.9 Å². The molecule has 4 nitrogen and oxygen atoms in total. The summed E-state index contributed by atoms with van der Waals surface area (Å²) < 4.78 is 81.1. The smallest absolute Gasteiger partial charge is 0.361 e. The first-order valence-corrected chi connectivity index (χ1v) is 13.4. The van der Waals surface area contributed by atoms with E-state index in [2.05, 4.69) is 22.0 Å². The van der Waals surface area contributed by atoms with Gasteiger partial charge in [-0.3, -0.25) is 9.69 Å². The number of hydrogen-bond acceptors (Lipinski definition) is 2. The SMILES string of the molecule is O=C(c1cc(C(F)(F)F)cc(C(F)(F)F)c1)N1CCN(CCCc2ccccc2)C[C@H]1Cc1c[nH]c2ccccc12. The summed E-state index contributed by atoms with van der Waals surface area (Å²) in [7, 11) is 0. The first-order valence-electron chi connectivity index (χ1n) is 13.4.